The van der Waals surface area contributed by atoms with Gasteiger partial charge in [-0.2, -0.15) is 0 Å². The van der Waals surface area contributed by atoms with Gasteiger partial charge in [0.1, 0.15) is 6.61 Å². The molecule has 29 heavy (non-hydrogen) atoms. The van der Waals surface area contributed by atoms with E-state index in [9.17, 15) is 8.42 Å². The number of hydrogen-bond acceptors (Lipinski definition) is 5. The molecule has 1 aromatic heterocycles. The van der Waals surface area contributed by atoms with Gasteiger partial charge in [-0.15, -0.1) is 0 Å². The molecule has 1 aliphatic heterocycles. The predicted octanol–water partition coefficient (Wildman–Crippen LogP) is 2.25. The number of benzene rings is 1. The van der Waals surface area contributed by atoms with Crippen LogP contribution in [0, 0.1) is 0 Å². The van der Waals surface area contributed by atoms with Crippen molar-refractivity contribution in [2.75, 3.05) is 25.9 Å². The monoisotopic (exact) mass is 416 g/mol. The number of ether oxygens (including phenoxy) is 1. The predicted molar refractivity (Wildman–Crippen MR) is 115 cm³/mol. The average Bonchev–Trinajstić information content (AvgIpc) is 2.70. The van der Waals surface area contributed by atoms with Crippen LogP contribution < -0.4 is 10.1 Å². The van der Waals surface area contributed by atoms with Crippen LogP contribution in [-0.4, -0.2) is 54.9 Å². The number of aromatic nitrogens is 1. The molecule has 0 amide bonds. The summed E-state index contributed by atoms with van der Waals surface area (Å²) in [5, 5.41) is 3.32. The Kier molecular flexibility index (Phi) is 6.42. The fourth-order valence-corrected chi connectivity index (χ4v) is 4.57. The SMILES string of the molecule is CN=C(NCc1ccnc(OCc2ccccc2)c1)N1CCS(=O)(=O)C(C)(C)C1. The third kappa shape index (κ3) is 5.26. The van der Waals surface area contributed by atoms with E-state index in [1.54, 1.807) is 27.1 Å². The fourth-order valence-electron chi connectivity index (χ4n) is 3.21. The molecular formula is C21H28N4O3S. The zero-order valence-electron chi connectivity index (χ0n) is 17.1. The van der Waals surface area contributed by atoms with Crippen molar-refractivity contribution in [3.05, 3.63) is 59.8 Å². The summed E-state index contributed by atoms with van der Waals surface area (Å²) in [5.41, 5.74) is 2.09. The maximum Gasteiger partial charge on any atom is 0.213 e. The van der Waals surface area contributed by atoms with Crippen LogP contribution >= 0.6 is 0 Å². The summed E-state index contributed by atoms with van der Waals surface area (Å²) in [6.07, 6.45) is 1.72. The lowest BCUT2D eigenvalue weighted by Crippen LogP contribution is -2.57. The first-order chi connectivity index (χ1) is 13.8. The van der Waals surface area contributed by atoms with Gasteiger partial charge >= 0.3 is 0 Å². The summed E-state index contributed by atoms with van der Waals surface area (Å²) in [5.74, 6) is 1.39. The first-order valence-corrected chi connectivity index (χ1v) is 11.3. The lowest BCUT2D eigenvalue weighted by Gasteiger charge is -2.39. The van der Waals surface area contributed by atoms with Crippen molar-refractivity contribution >= 4 is 15.8 Å². The first-order valence-electron chi connectivity index (χ1n) is 9.60. The minimum Gasteiger partial charge on any atom is -0.473 e. The van der Waals surface area contributed by atoms with Gasteiger partial charge < -0.3 is 15.0 Å². The number of hydrogen-bond donors (Lipinski definition) is 1. The summed E-state index contributed by atoms with van der Waals surface area (Å²) < 4.78 is 29.5. The van der Waals surface area contributed by atoms with Crippen LogP contribution in [0.3, 0.4) is 0 Å². The van der Waals surface area contributed by atoms with Gasteiger partial charge in [0, 0.05) is 38.9 Å². The minimum absolute atomic E-state index is 0.132. The van der Waals surface area contributed by atoms with E-state index in [0.717, 1.165) is 11.1 Å². The van der Waals surface area contributed by atoms with E-state index < -0.39 is 14.6 Å². The molecule has 0 saturated carbocycles. The molecule has 0 bridgehead atoms. The number of aliphatic imine (C=N–C) groups is 1. The number of guanidine groups is 1. The van der Waals surface area contributed by atoms with Crippen molar-refractivity contribution in [2.45, 2.75) is 31.7 Å². The van der Waals surface area contributed by atoms with Gasteiger partial charge in [0.25, 0.3) is 0 Å². The Bertz CT molecular complexity index is 959. The van der Waals surface area contributed by atoms with Gasteiger partial charge in [0.15, 0.2) is 15.8 Å². The normalized spacial score (nSPS) is 18.3. The second-order valence-corrected chi connectivity index (χ2v) is 10.4. The second kappa shape index (κ2) is 8.82. The maximum absolute atomic E-state index is 12.2. The number of rotatable bonds is 5. The third-order valence-electron chi connectivity index (χ3n) is 5.03. The zero-order valence-corrected chi connectivity index (χ0v) is 17.9. The van der Waals surface area contributed by atoms with E-state index in [4.69, 9.17) is 4.74 Å². The molecule has 7 nitrogen and oxygen atoms in total. The molecule has 1 fully saturated rings. The van der Waals surface area contributed by atoms with Crippen molar-refractivity contribution in [1.82, 2.24) is 15.2 Å². The Morgan fingerprint density at radius 1 is 1.24 bits per heavy atom. The van der Waals surface area contributed by atoms with Crippen molar-refractivity contribution in [3.8, 4) is 5.88 Å². The number of sulfone groups is 1. The molecule has 0 spiro atoms. The summed E-state index contributed by atoms with van der Waals surface area (Å²) in [6, 6.07) is 13.8. The van der Waals surface area contributed by atoms with E-state index in [1.165, 1.54) is 0 Å². The molecule has 1 aliphatic rings. The van der Waals surface area contributed by atoms with Gasteiger partial charge in [0.05, 0.1) is 10.5 Å². The molecule has 156 valence electrons. The Balaban J connectivity index is 1.59. The number of nitrogens with zero attached hydrogens (tertiary/aromatic N) is 3. The van der Waals surface area contributed by atoms with Crippen LogP contribution in [0.15, 0.2) is 53.7 Å². The largest absolute Gasteiger partial charge is 0.473 e. The van der Waals surface area contributed by atoms with E-state index >= 15 is 0 Å². The molecule has 1 aromatic carbocycles. The summed E-state index contributed by atoms with van der Waals surface area (Å²) in [4.78, 5) is 10.6. The van der Waals surface area contributed by atoms with Crippen LogP contribution in [0.2, 0.25) is 0 Å². The average molecular weight is 417 g/mol. The molecule has 0 unspecified atom stereocenters. The first kappa shape index (κ1) is 21.1. The smallest absolute Gasteiger partial charge is 0.213 e. The van der Waals surface area contributed by atoms with E-state index in [2.05, 4.69) is 15.3 Å². The Hall–Kier alpha value is -2.61. The summed E-state index contributed by atoms with van der Waals surface area (Å²) in [7, 11) is -1.38. The minimum atomic E-state index is -3.09. The van der Waals surface area contributed by atoms with Gasteiger partial charge in [-0.05, 0) is 31.0 Å². The molecular weight excluding hydrogens is 388 g/mol. The molecule has 0 atom stereocenters. The molecule has 2 aromatic rings. The van der Waals surface area contributed by atoms with E-state index in [0.29, 0.717) is 38.1 Å². The Morgan fingerprint density at radius 3 is 2.69 bits per heavy atom. The highest BCUT2D eigenvalue weighted by molar-refractivity contribution is 7.92. The molecule has 3 rings (SSSR count). The van der Waals surface area contributed by atoms with Crippen LogP contribution in [-0.2, 0) is 23.0 Å². The third-order valence-corrected chi connectivity index (χ3v) is 7.57. The molecule has 1 N–H and O–H groups in total. The zero-order chi connectivity index (χ0) is 20.9. The van der Waals surface area contributed by atoms with E-state index in [-0.39, 0.29) is 5.75 Å². The van der Waals surface area contributed by atoms with Crippen LogP contribution in [0.25, 0.3) is 0 Å². The van der Waals surface area contributed by atoms with Crippen molar-refractivity contribution in [2.24, 2.45) is 4.99 Å². The highest BCUT2D eigenvalue weighted by atomic mass is 32.2. The second-order valence-electron chi connectivity index (χ2n) is 7.68. The van der Waals surface area contributed by atoms with E-state index in [1.807, 2.05) is 47.4 Å². The molecule has 0 radical (unpaired) electrons. The summed E-state index contributed by atoms with van der Waals surface area (Å²) in [6.45, 7) is 5.39. The van der Waals surface area contributed by atoms with Gasteiger partial charge in [-0.3, -0.25) is 4.99 Å². The Labute approximate surface area is 172 Å². The molecule has 2 heterocycles. The number of nitrogens with one attached hydrogen (secondary N) is 1. The highest BCUT2D eigenvalue weighted by Crippen LogP contribution is 2.23. The lowest BCUT2D eigenvalue weighted by atomic mass is 10.2. The topological polar surface area (TPSA) is 83.9 Å². The maximum atomic E-state index is 12.2. The fraction of sp³-hybridized carbons (Fsp3) is 0.429. The van der Waals surface area contributed by atoms with Crippen LogP contribution in [0.4, 0.5) is 0 Å². The van der Waals surface area contributed by atoms with Crippen LogP contribution in [0.1, 0.15) is 25.0 Å². The summed E-state index contributed by atoms with van der Waals surface area (Å²) >= 11 is 0. The molecule has 0 aliphatic carbocycles. The van der Waals surface area contributed by atoms with Gasteiger partial charge in [-0.25, -0.2) is 13.4 Å². The van der Waals surface area contributed by atoms with Crippen molar-refractivity contribution in [3.63, 3.8) is 0 Å². The van der Waals surface area contributed by atoms with Gasteiger partial charge in [-0.1, -0.05) is 30.3 Å². The number of pyridine rings is 1. The Morgan fingerprint density at radius 2 is 2.00 bits per heavy atom. The molecule has 1 saturated heterocycles. The highest BCUT2D eigenvalue weighted by Gasteiger charge is 2.40. The van der Waals surface area contributed by atoms with Crippen molar-refractivity contribution < 1.29 is 13.2 Å². The van der Waals surface area contributed by atoms with Gasteiger partial charge in [0.2, 0.25) is 5.88 Å². The lowest BCUT2D eigenvalue weighted by molar-refractivity contribution is 0.293. The quantitative estimate of drug-likeness (QED) is 0.595. The van der Waals surface area contributed by atoms with Crippen LogP contribution in [0.5, 0.6) is 5.88 Å². The molecule has 8 heteroatoms. The standard InChI is InChI=1S/C21H28N4O3S/c1-21(2)16-25(11-12-29(21,26)27)20(22-3)24-14-18-9-10-23-19(13-18)28-15-17-7-5-4-6-8-17/h4-10,13H,11-12,14-16H2,1-3H3,(H,22,24). The van der Waals surface area contributed by atoms with Crippen molar-refractivity contribution in [1.29, 1.82) is 0 Å².